The number of nitrogens with one attached hydrogen (secondary N) is 2. The van der Waals surface area contributed by atoms with Crippen molar-refractivity contribution < 1.29 is 14.0 Å². The summed E-state index contributed by atoms with van der Waals surface area (Å²) in [6.07, 6.45) is 0.165. The first-order valence-corrected chi connectivity index (χ1v) is 5.80. The minimum Gasteiger partial charge on any atom is -0.301 e. The second kappa shape index (κ2) is 4.86. The number of carbonyl (C=O) groups excluding carboxylic acids is 2. The van der Waals surface area contributed by atoms with Crippen molar-refractivity contribution in [3.63, 3.8) is 0 Å². The Balaban J connectivity index is 2.03. The van der Waals surface area contributed by atoms with Crippen LogP contribution in [-0.2, 0) is 16.1 Å². The van der Waals surface area contributed by atoms with E-state index in [0.717, 1.165) is 5.56 Å². The van der Waals surface area contributed by atoms with E-state index in [1.165, 1.54) is 0 Å². The zero-order chi connectivity index (χ0) is 13.3. The van der Waals surface area contributed by atoms with E-state index < -0.39 is 6.04 Å². The SMILES string of the molecule is Cc1cc(CNC2CC(=O)NC2=O)cc(C)c1F. The second-order valence-electron chi connectivity index (χ2n) is 4.59. The molecule has 1 fully saturated rings. The molecule has 2 N–H and O–H groups in total. The highest BCUT2D eigenvalue weighted by Crippen LogP contribution is 2.15. The van der Waals surface area contributed by atoms with Crippen LogP contribution in [0.25, 0.3) is 0 Å². The predicted octanol–water partition coefficient (Wildman–Crippen LogP) is 0.947. The number of hydrogen-bond donors (Lipinski definition) is 2. The highest BCUT2D eigenvalue weighted by atomic mass is 19.1. The molecule has 0 aromatic heterocycles. The summed E-state index contributed by atoms with van der Waals surface area (Å²) in [7, 11) is 0. The van der Waals surface area contributed by atoms with Crippen molar-refractivity contribution in [3.8, 4) is 0 Å². The predicted molar refractivity (Wildman–Crippen MR) is 64.3 cm³/mol. The lowest BCUT2D eigenvalue weighted by atomic mass is 10.1. The van der Waals surface area contributed by atoms with Crippen molar-refractivity contribution in [2.45, 2.75) is 32.9 Å². The molecule has 5 heteroatoms. The molecular formula is C13H15FN2O2. The Morgan fingerprint density at radius 3 is 2.44 bits per heavy atom. The van der Waals surface area contributed by atoms with E-state index in [2.05, 4.69) is 10.6 Å². The average molecular weight is 250 g/mol. The Labute approximate surface area is 105 Å². The Bertz CT molecular complexity index is 491. The highest BCUT2D eigenvalue weighted by Gasteiger charge is 2.29. The van der Waals surface area contributed by atoms with Gasteiger partial charge in [0.1, 0.15) is 5.82 Å². The Morgan fingerprint density at radius 1 is 1.33 bits per heavy atom. The topological polar surface area (TPSA) is 58.2 Å². The molecule has 4 nitrogen and oxygen atoms in total. The first-order valence-electron chi connectivity index (χ1n) is 5.80. The smallest absolute Gasteiger partial charge is 0.244 e. The fourth-order valence-electron chi connectivity index (χ4n) is 2.10. The Hall–Kier alpha value is -1.75. The number of hydrogen-bond acceptors (Lipinski definition) is 3. The van der Waals surface area contributed by atoms with Crippen LogP contribution in [0.2, 0.25) is 0 Å². The fraction of sp³-hybridized carbons (Fsp3) is 0.385. The van der Waals surface area contributed by atoms with E-state index in [1.807, 2.05) is 0 Å². The largest absolute Gasteiger partial charge is 0.301 e. The molecule has 0 saturated carbocycles. The van der Waals surface area contributed by atoms with Gasteiger partial charge in [0, 0.05) is 6.54 Å². The fourth-order valence-corrected chi connectivity index (χ4v) is 2.10. The molecule has 1 atom stereocenters. The van der Waals surface area contributed by atoms with Crippen molar-refractivity contribution in [2.75, 3.05) is 0 Å². The molecule has 1 aromatic carbocycles. The van der Waals surface area contributed by atoms with Crippen LogP contribution in [0.1, 0.15) is 23.1 Å². The third-order valence-electron chi connectivity index (χ3n) is 3.02. The maximum atomic E-state index is 13.4. The molecule has 0 bridgehead atoms. The number of imide groups is 1. The van der Waals surface area contributed by atoms with E-state index in [4.69, 9.17) is 0 Å². The molecule has 2 rings (SSSR count). The van der Waals surface area contributed by atoms with Crippen molar-refractivity contribution in [3.05, 3.63) is 34.6 Å². The summed E-state index contributed by atoms with van der Waals surface area (Å²) in [5.41, 5.74) is 2.07. The quantitative estimate of drug-likeness (QED) is 0.785. The summed E-state index contributed by atoms with van der Waals surface area (Å²) >= 11 is 0. The van der Waals surface area contributed by atoms with Gasteiger partial charge in [-0.05, 0) is 30.5 Å². The van der Waals surface area contributed by atoms with Crippen LogP contribution in [0.5, 0.6) is 0 Å². The van der Waals surface area contributed by atoms with Crippen LogP contribution in [0.15, 0.2) is 12.1 Å². The second-order valence-corrected chi connectivity index (χ2v) is 4.59. The number of halogens is 1. The average Bonchev–Trinajstić information content (AvgIpc) is 2.62. The van der Waals surface area contributed by atoms with Crippen molar-refractivity contribution in [1.29, 1.82) is 0 Å². The van der Waals surface area contributed by atoms with Crippen molar-refractivity contribution >= 4 is 11.8 Å². The van der Waals surface area contributed by atoms with Crippen LogP contribution in [0, 0.1) is 19.7 Å². The molecule has 1 aromatic rings. The van der Waals surface area contributed by atoms with Crippen LogP contribution in [-0.4, -0.2) is 17.9 Å². The van der Waals surface area contributed by atoms with Crippen molar-refractivity contribution in [2.24, 2.45) is 0 Å². The standard InChI is InChI=1S/C13H15FN2O2/c1-7-3-9(4-8(2)12(7)14)6-15-10-5-11(17)16-13(10)18/h3-4,10,15H,5-6H2,1-2H3,(H,16,17,18). The van der Waals surface area contributed by atoms with E-state index in [1.54, 1.807) is 26.0 Å². The van der Waals surface area contributed by atoms with Gasteiger partial charge in [0.15, 0.2) is 0 Å². The Kier molecular flexibility index (Phi) is 3.43. The molecule has 0 spiro atoms. The molecule has 0 radical (unpaired) electrons. The molecule has 96 valence electrons. The first kappa shape index (κ1) is 12.7. The molecule has 1 aliphatic heterocycles. The van der Waals surface area contributed by atoms with Gasteiger partial charge in [-0.15, -0.1) is 0 Å². The van der Waals surface area contributed by atoms with Crippen LogP contribution in [0.3, 0.4) is 0 Å². The summed E-state index contributed by atoms with van der Waals surface area (Å²) in [6, 6.07) is 3.00. The van der Waals surface area contributed by atoms with E-state index in [-0.39, 0.29) is 24.1 Å². The zero-order valence-corrected chi connectivity index (χ0v) is 10.3. The van der Waals surface area contributed by atoms with Gasteiger partial charge in [0.2, 0.25) is 11.8 Å². The molecule has 1 unspecified atom stereocenters. The maximum Gasteiger partial charge on any atom is 0.244 e. The summed E-state index contributed by atoms with van der Waals surface area (Å²) in [5, 5.41) is 5.23. The van der Waals surface area contributed by atoms with Gasteiger partial charge in [0.25, 0.3) is 0 Å². The Morgan fingerprint density at radius 2 is 1.94 bits per heavy atom. The first-order chi connectivity index (χ1) is 8.47. The lowest BCUT2D eigenvalue weighted by molar-refractivity contribution is -0.125. The minimum atomic E-state index is -0.483. The minimum absolute atomic E-state index is 0.165. The number of aryl methyl sites for hydroxylation is 2. The van der Waals surface area contributed by atoms with E-state index >= 15 is 0 Å². The normalized spacial score (nSPS) is 19.2. The third kappa shape index (κ3) is 2.56. The highest BCUT2D eigenvalue weighted by molar-refractivity contribution is 6.05. The molecular weight excluding hydrogens is 235 g/mol. The van der Waals surface area contributed by atoms with Crippen LogP contribution >= 0.6 is 0 Å². The van der Waals surface area contributed by atoms with E-state index in [0.29, 0.717) is 17.7 Å². The lowest BCUT2D eigenvalue weighted by Gasteiger charge is -2.11. The van der Waals surface area contributed by atoms with Gasteiger partial charge in [-0.1, -0.05) is 12.1 Å². The van der Waals surface area contributed by atoms with Gasteiger partial charge < -0.3 is 5.32 Å². The van der Waals surface area contributed by atoms with Gasteiger partial charge in [-0.25, -0.2) is 4.39 Å². The van der Waals surface area contributed by atoms with Crippen LogP contribution < -0.4 is 10.6 Å². The number of rotatable bonds is 3. The van der Waals surface area contributed by atoms with Gasteiger partial charge in [0.05, 0.1) is 12.5 Å². The van der Waals surface area contributed by atoms with Crippen LogP contribution in [0.4, 0.5) is 4.39 Å². The third-order valence-corrected chi connectivity index (χ3v) is 3.02. The number of carbonyl (C=O) groups is 2. The molecule has 2 amide bonds. The molecule has 1 aliphatic rings. The van der Waals surface area contributed by atoms with Gasteiger partial charge >= 0.3 is 0 Å². The van der Waals surface area contributed by atoms with Gasteiger partial charge in [-0.2, -0.15) is 0 Å². The number of amides is 2. The maximum absolute atomic E-state index is 13.4. The summed E-state index contributed by atoms with van der Waals surface area (Å²) < 4.78 is 13.4. The molecule has 0 aliphatic carbocycles. The number of benzene rings is 1. The molecule has 1 saturated heterocycles. The van der Waals surface area contributed by atoms with Crippen molar-refractivity contribution in [1.82, 2.24) is 10.6 Å². The summed E-state index contributed by atoms with van der Waals surface area (Å²) in [5.74, 6) is -0.757. The van der Waals surface area contributed by atoms with Gasteiger partial charge in [-0.3, -0.25) is 14.9 Å². The summed E-state index contributed by atoms with van der Waals surface area (Å²) in [6.45, 7) is 3.85. The monoisotopic (exact) mass is 250 g/mol. The lowest BCUT2D eigenvalue weighted by Crippen LogP contribution is -2.35. The zero-order valence-electron chi connectivity index (χ0n) is 10.3. The summed E-state index contributed by atoms with van der Waals surface area (Å²) in [4.78, 5) is 22.3. The molecule has 18 heavy (non-hydrogen) atoms. The molecule has 1 heterocycles. The van der Waals surface area contributed by atoms with E-state index in [9.17, 15) is 14.0 Å².